The molecule has 2 aromatic rings. The zero-order valence-electron chi connectivity index (χ0n) is 13.3. The highest BCUT2D eigenvalue weighted by molar-refractivity contribution is 7.86. The van der Waals surface area contributed by atoms with Gasteiger partial charge in [0.15, 0.2) is 0 Å². The molecule has 6 nitrogen and oxygen atoms in total. The molecule has 1 heterocycles. The van der Waals surface area contributed by atoms with E-state index in [1.807, 2.05) is 12.1 Å². The van der Waals surface area contributed by atoms with Gasteiger partial charge in [-0.3, -0.25) is 4.79 Å². The SMILES string of the molecule is CS(=O)(=O)Oc1cccc(CN(Cc2ccco2)C(=O)C2CC2)c1. The minimum Gasteiger partial charge on any atom is -0.467 e. The summed E-state index contributed by atoms with van der Waals surface area (Å²) in [4.78, 5) is 14.2. The minimum atomic E-state index is -3.58. The van der Waals surface area contributed by atoms with Crippen molar-refractivity contribution < 1.29 is 21.8 Å². The zero-order valence-corrected chi connectivity index (χ0v) is 14.2. The Bertz CT molecular complexity index is 809. The topological polar surface area (TPSA) is 76.8 Å². The molecule has 0 bridgehead atoms. The summed E-state index contributed by atoms with van der Waals surface area (Å²) in [5, 5.41) is 0. The molecule has 3 rings (SSSR count). The normalized spacial score (nSPS) is 14.4. The highest BCUT2D eigenvalue weighted by Gasteiger charge is 2.33. The first kappa shape index (κ1) is 16.6. The lowest BCUT2D eigenvalue weighted by molar-refractivity contribution is -0.134. The molecule has 1 aliphatic rings. The lowest BCUT2D eigenvalue weighted by Gasteiger charge is -2.22. The van der Waals surface area contributed by atoms with Gasteiger partial charge in [-0.05, 0) is 42.7 Å². The molecule has 1 fully saturated rings. The molecule has 0 radical (unpaired) electrons. The first-order valence-corrected chi connectivity index (χ1v) is 9.52. The van der Waals surface area contributed by atoms with Crippen molar-refractivity contribution in [3.63, 3.8) is 0 Å². The van der Waals surface area contributed by atoms with Crippen LogP contribution >= 0.6 is 0 Å². The Hall–Kier alpha value is -2.28. The van der Waals surface area contributed by atoms with Gasteiger partial charge in [0.1, 0.15) is 11.5 Å². The van der Waals surface area contributed by atoms with E-state index in [-0.39, 0.29) is 17.6 Å². The van der Waals surface area contributed by atoms with E-state index in [4.69, 9.17) is 8.60 Å². The van der Waals surface area contributed by atoms with E-state index < -0.39 is 10.1 Å². The second-order valence-corrected chi connectivity index (χ2v) is 7.56. The molecule has 0 unspecified atom stereocenters. The van der Waals surface area contributed by atoms with Crippen LogP contribution in [-0.2, 0) is 28.0 Å². The van der Waals surface area contributed by atoms with E-state index in [2.05, 4.69) is 0 Å². The van der Waals surface area contributed by atoms with Crippen LogP contribution in [0.2, 0.25) is 0 Å². The van der Waals surface area contributed by atoms with E-state index in [9.17, 15) is 13.2 Å². The number of furan rings is 1. The third-order valence-electron chi connectivity index (χ3n) is 3.68. The van der Waals surface area contributed by atoms with E-state index >= 15 is 0 Å². The number of hydrogen-bond donors (Lipinski definition) is 0. The molecule has 1 amide bonds. The number of nitrogens with zero attached hydrogens (tertiary/aromatic N) is 1. The molecule has 0 aliphatic heterocycles. The molecule has 0 saturated heterocycles. The highest BCUT2D eigenvalue weighted by Crippen LogP contribution is 2.32. The lowest BCUT2D eigenvalue weighted by atomic mass is 10.2. The van der Waals surface area contributed by atoms with Crippen molar-refractivity contribution in [3.05, 3.63) is 54.0 Å². The van der Waals surface area contributed by atoms with Gasteiger partial charge in [0.25, 0.3) is 0 Å². The quantitative estimate of drug-likeness (QED) is 0.718. The van der Waals surface area contributed by atoms with Crippen LogP contribution in [0.25, 0.3) is 0 Å². The molecule has 1 aliphatic carbocycles. The van der Waals surface area contributed by atoms with E-state index in [0.29, 0.717) is 18.8 Å². The Morgan fingerprint density at radius 1 is 1.25 bits per heavy atom. The van der Waals surface area contributed by atoms with Gasteiger partial charge < -0.3 is 13.5 Å². The third kappa shape index (κ3) is 4.61. The van der Waals surface area contributed by atoms with Crippen molar-refractivity contribution in [1.29, 1.82) is 0 Å². The molecular formula is C17H19NO5S. The molecule has 1 saturated carbocycles. The summed E-state index contributed by atoms with van der Waals surface area (Å²) in [5.74, 6) is 1.15. The Kier molecular flexibility index (Phi) is 4.62. The second kappa shape index (κ2) is 6.68. The van der Waals surface area contributed by atoms with Crippen LogP contribution in [0.1, 0.15) is 24.2 Å². The van der Waals surface area contributed by atoms with Gasteiger partial charge in [-0.1, -0.05) is 12.1 Å². The molecule has 1 aromatic heterocycles. The maximum atomic E-state index is 12.5. The first-order chi connectivity index (χ1) is 11.4. The smallest absolute Gasteiger partial charge is 0.306 e. The fourth-order valence-corrected chi connectivity index (χ4v) is 2.93. The van der Waals surface area contributed by atoms with E-state index in [1.54, 1.807) is 35.4 Å². The molecular weight excluding hydrogens is 330 g/mol. The number of benzene rings is 1. The Morgan fingerprint density at radius 3 is 2.67 bits per heavy atom. The van der Waals surface area contributed by atoms with Gasteiger partial charge in [0, 0.05) is 12.5 Å². The fourth-order valence-electron chi connectivity index (χ4n) is 2.48. The third-order valence-corrected chi connectivity index (χ3v) is 4.18. The molecule has 0 spiro atoms. The molecule has 7 heteroatoms. The van der Waals surface area contributed by atoms with Crippen molar-refractivity contribution in [3.8, 4) is 5.75 Å². The van der Waals surface area contributed by atoms with Gasteiger partial charge in [-0.2, -0.15) is 8.42 Å². The fraction of sp³-hybridized carbons (Fsp3) is 0.353. The first-order valence-electron chi connectivity index (χ1n) is 7.70. The Morgan fingerprint density at radius 2 is 2.04 bits per heavy atom. The standard InChI is InChI=1S/C17H19NO5S/c1-24(20,21)23-15-5-2-4-13(10-15)11-18(17(19)14-7-8-14)12-16-6-3-9-22-16/h2-6,9-10,14H,7-8,11-12H2,1H3. The van der Waals surface area contributed by atoms with Gasteiger partial charge in [0.2, 0.25) is 5.91 Å². The van der Waals surface area contributed by atoms with E-state index in [0.717, 1.165) is 24.7 Å². The van der Waals surface area contributed by atoms with Crippen molar-refractivity contribution in [2.24, 2.45) is 5.92 Å². The van der Waals surface area contributed by atoms with Gasteiger partial charge in [-0.15, -0.1) is 0 Å². The molecule has 24 heavy (non-hydrogen) atoms. The molecule has 1 aromatic carbocycles. The maximum absolute atomic E-state index is 12.5. The highest BCUT2D eigenvalue weighted by atomic mass is 32.2. The number of amides is 1. The average Bonchev–Trinajstić information content (AvgIpc) is 3.22. The lowest BCUT2D eigenvalue weighted by Crippen LogP contribution is -2.31. The Balaban J connectivity index is 1.76. The van der Waals surface area contributed by atoms with Crippen LogP contribution in [0, 0.1) is 5.92 Å². The van der Waals surface area contributed by atoms with Crippen LogP contribution in [0.5, 0.6) is 5.75 Å². The summed E-state index contributed by atoms with van der Waals surface area (Å²) in [7, 11) is -3.58. The predicted octanol–water partition coefficient (Wildman–Crippen LogP) is 2.56. The second-order valence-electron chi connectivity index (χ2n) is 5.98. The summed E-state index contributed by atoms with van der Waals surface area (Å²) in [6.07, 6.45) is 4.42. The number of carbonyl (C=O) groups excluding carboxylic acids is 1. The van der Waals surface area contributed by atoms with Crippen LogP contribution in [0.3, 0.4) is 0 Å². The maximum Gasteiger partial charge on any atom is 0.306 e. The van der Waals surface area contributed by atoms with Gasteiger partial charge in [0.05, 0.1) is 19.1 Å². The van der Waals surface area contributed by atoms with Crippen LogP contribution in [0.4, 0.5) is 0 Å². The number of carbonyl (C=O) groups is 1. The number of rotatable bonds is 7. The minimum absolute atomic E-state index is 0.0930. The Labute approximate surface area is 141 Å². The van der Waals surface area contributed by atoms with Gasteiger partial charge >= 0.3 is 10.1 Å². The molecule has 0 atom stereocenters. The summed E-state index contributed by atoms with van der Waals surface area (Å²) >= 11 is 0. The van der Waals surface area contributed by atoms with Crippen LogP contribution in [-0.4, -0.2) is 25.5 Å². The van der Waals surface area contributed by atoms with Crippen molar-refractivity contribution >= 4 is 16.0 Å². The van der Waals surface area contributed by atoms with Crippen molar-refractivity contribution in [1.82, 2.24) is 4.90 Å². The van der Waals surface area contributed by atoms with Gasteiger partial charge in [-0.25, -0.2) is 0 Å². The van der Waals surface area contributed by atoms with Crippen molar-refractivity contribution in [2.75, 3.05) is 6.26 Å². The van der Waals surface area contributed by atoms with E-state index in [1.165, 1.54) is 0 Å². The largest absolute Gasteiger partial charge is 0.467 e. The average molecular weight is 349 g/mol. The predicted molar refractivity (Wildman–Crippen MR) is 87.6 cm³/mol. The summed E-state index contributed by atoms with van der Waals surface area (Å²) in [6, 6.07) is 10.4. The molecule has 128 valence electrons. The monoisotopic (exact) mass is 349 g/mol. The van der Waals surface area contributed by atoms with Crippen LogP contribution < -0.4 is 4.18 Å². The molecule has 0 N–H and O–H groups in total. The number of hydrogen-bond acceptors (Lipinski definition) is 5. The summed E-state index contributed by atoms with van der Waals surface area (Å²) in [6.45, 7) is 0.760. The zero-order chi connectivity index (χ0) is 17.2. The summed E-state index contributed by atoms with van der Waals surface area (Å²) in [5.41, 5.74) is 0.803. The summed E-state index contributed by atoms with van der Waals surface area (Å²) < 4.78 is 32.7. The van der Waals surface area contributed by atoms with Crippen LogP contribution in [0.15, 0.2) is 47.1 Å². The van der Waals surface area contributed by atoms with Crippen molar-refractivity contribution in [2.45, 2.75) is 25.9 Å².